The summed E-state index contributed by atoms with van der Waals surface area (Å²) in [4.78, 5) is 42.5. The molecular formula is C30H33ClF4N4O5. The minimum Gasteiger partial charge on any atom is -0.447 e. The van der Waals surface area contributed by atoms with E-state index in [9.17, 15) is 23.2 Å². The zero-order chi connectivity index (χ0) is 32.7. The van der Waals surface area contributed by atoms with Crippen molar-refractivity contribution in [2.24, 2.45) is 0 Å². The van der Waals surface area contributed by atoms with Crippen molar-refractivity contribution in [1.29, 1.82) is 0 Å². The highest BCUT2D eigenvalue weighted by Crippen LogP contribution is 2.25. The number of amides is 3. The Balaban J connectivity index is 1.69. The highest BCUT2D eigenvalue weighted by atomic mass is 35.5. The Morgan fingerprint density at radius 2 is 1.77 bits per heavy atom. The molecule has 3 aromatic rings. The molecule has 0 spiro atoms. The van der Waals surface area contributed by atoms with E-state index in [1.54, 1.807) is 20.8 Å². The quantitative estimate of drug-likeness (QED) is 0.225. The van der Waals surface area contributed by atoms with Crippen LogP contribution in [-0.4, -0.2) is 65.7 Å². The lowest BCUT2D eigenvalue weighted by atomic mass is 10.1. The van der Waals surface area contributed by atoms with E-state index in [2.05, 4.69) is 10.3 Å². The Morgan fingerprint density at radius 3 is 2.48 bits per heavy atom. The number of ether oxygens (including phenoxy) is 2. The van der Waals surface area contributed by atoms with E-state index in [4.69, 9.17) is 21.1 Å². The van der Waals surface area contributed by atoms with Gasteiger partial charge in [-0.25, -0.2) is 32.1 Å². The van der Waals surface area contributed by atoms with Gasteiger partial charge in [0.15, 0.2) is 0 Å². The number of alkyl halides is 2. The summed E-state index contributed by atoms with van der Waals surface area (Å²) in [5, 5.41) is 5.28. The molecule has 0 aliphatic carbocycles. The number of nitrogens with zero attached hydrogens (tertiary/aromatic N) is 2. The molecule has 0 fully saturated rings. The van der Waals surface area contributed by atoms with Crippen LogP contribution in [0.3, 0.4) is 0 Å². The van der Waals surface area contributed by atoms with E-state index < -0.39 is 66.9 Å². The van der Waals surface area contributed by atoms with Crippen molar-refractivity contribution in [3.63, 3.8) is 0 Å². The Kier molecular flexibility index (Phi) is 11.4. The number of alkyl carbamates (subject to hydrolysis) is 1. The van der Waals surface area contributed by atoms with Gasteiger partial charge in [-0.05, 0) is 68.5 Å². The monoisotopic (exact) mass is 640 g/mol. The minimum absolute atomic E-state index is 0.0212. The number of likely N-dealkylation sites (N-methyl/N-ethyl adjacent to an activating group) is 1. The number of carbonyl (C=O) groups excluding carboxylic acids is 3. The number of nitrogens with one attached hydrogen (secondary N) is 2. The smallest absolute Gasteiger partial charge is 0.412 e. The van der Waals surface area contributed by atoms with Gasteiger partial charge in [0.1, 0.15) is 29.7 Å². The van der Waals surface area contributed by atoms with Gasteiger partial charge in [-0.15, -0.1) is 0 Å². The molecule has 0 saturated carbocycles. The molecule has 0 aliphatic heterocycles. The summed E-state index contributed by atoms with van der Waals surface area (Å²) in [7, 11) is 1.26. The summed E-state index contributed by atoms with van der Waals surface area (Å²) in [6.45, 7) is 2.97. The second-order valence-electron chi connectivity index (χ2n) is 11.1. The van der Waals surface area contributed by atoms with Gasteiger partial charge in [-0.1, -0.05) is 23.7 Å². The van der Waals surface area contributed by atoms with Gasteiger partial charge < -0.3 is 19.7 Å². The minimum atomic E-state index is -3.55. The Labute approximate surface area is 256 Å². The molecule has 0 bridgehead atoms. The van der Waals surface area contributed by atoms with Crippen LogP contribution in [0.1, 0.15) is 39.2 Å². The number of aryl methyl sites for hydroxylation is 1. The van der Waals surface area contributed by atoms with E-state index >= 15 is 8.78 Å². The van der Waals surface area contributed by atoms with Crippen LogP contribution in [0.25, 0.3) is 10.8 Å². The number of benzene rings is 2. The molecule has 2 aromatic carbocycles. The first-order chi connectivity index (χ1) is 20.5. The molecule has 0 aliphatic rings. The Morgan fingerprint density at radius 1 is 1.05 bits per heavy atom. The third-order valence-electron chi connectivity index (χ3n) is 6.33. The molecule has 1 heterocycles. The van der Waals surface area contributed by atoms with E-state index in [0.717, 1.165) is 11.0 Å². The summed E-state index contributed by atoms with van der Waals surface area (Å²) in [5.41, 5.74) is -0.552. The van der Waals surface area contributed by atoms with Gasteiger partial charge in [0.2, 0.25) is 5.91 Å². The molecular weight excluding hydrogens is 608 g/mol. The maximum absolute atomic E-state index is 15.0. The highest BCUT2D eigenvalue weighted by Gasteiger charge is 2.37. The lowest BCUT2D eigenvalue weighted by Crippen LogP contribution is -2.47. The molecule has 3 rings (SSSR count). The number of carbonyl (C=O) groups is 3. The van der Waals surface area contributed by atoms with Gasteiger partial charge in [-0.2, -0.15) is 0 Å². The molecule has 9 nitrogen and oxygen atoms in total. The first-order valence-electron chi connectivity index (χ1n) is 13.6. The van der Waals surface area contributed by atoms with Gasteiger partial charge in [-0.3, -0.25) is 10.1 Å². The van der Waals surface area contributed by atoms with Gasteiger partial charge in [0.05, 0.1) is 17.6 Å². The average molecular weight is 641 g/mol. The third-order valence-corrected chi connectivity index (χ3v) is 6.75. The predicted molar refractivity (Wildman–Crippen MR) is 157 cm³/mol. The van der Waals surface area contributed by atoms with Gasteiger partial charge >= 0.3 is 12.2 Å². The molecule has 2 N–H and O–H groups in total. The second kappa shape index (κ2) is 14.6. The van der Waals surface area contributed by atoms with E-state index in [1.165, 1.54) is 49.6 Å². The fourth-order valence-corrected chi connectivity index (χ4v) is 4.32. The Bertz CT molecular complexity index is 1500. The summed E-state index contributed by atoms with van der Waals surface area (Å²) >= 11 is 5.97. The maximum Gasteiger partial charge on any atom is 0.412 e. The summed E-state index contributed by atoms with van der Waals surface area (Å²) < 4.78 is 67.6. The molecule has 1 atom stereocenters. The van der Waals surface area contributed by atoms with E-state index in [1.807, 2.05) is 5.32 Å². The molecule has 0 saturated heterocycles. The van der Waals surface area contributed by atoms with Crippen LogP contribution >= 0.6 is 11.6 Å². The second-order valence-corrected chi connectivity index (χ2v) is 11.4. The van der Waals surface area contributed by atoms with Crippen molar-refractivity contribution in [2.75, 3.05) is 25.5 Å². The SMILES string of the molecule is CN(C(=O)CCc1cccc(F)c1Cl)[C@H](COC(=O)Nc1cc2cc(F)ccc2cn1)CC(F)(F)CNC(=O)OC(C)(C)C. The van der Waals surface area contributed by atoms with Crippen LogP contribution in [0.5, 0.6) is 0 Å². The van der Waals surface area contributed by atoms with E-state index in [-0.39, 0.29) is 23.7 Å². The third kappa shape index (κ3) is 10.5. The number of rotatable bonds is 11. The molecule has 14 heteroatoms. The fraction of sp³-hybridized carbons (Fsp3) is 0.400. The number of hydrogen-bond acceptors (Lipinski definition) is 6. The summed E-state index contributed by atoms with van der Waals surface area (Å²) in [5.74, 6) is -5.28. The van der Waals surface area contributed by atoms with Gasteiger partial charge in [0.25, 0.3) is 5.92 Å². The number of fused-ring (bicyclic) bond motifs is 1. The summed E-state index contributed by atoms with van der Waals surface area (Å²) in [6, 6.07) is 8.21. The van der Waals surface area contributed by atoms with Crippen molar-refractivity contribution in [2.45, 2.75) is 57.6 Å². The van der Waals surface area contributed by atoms with Crippen LogP contribution in [0.4, 0.5) is 33.0 Å². The van der Waals surface area contributed by atoms with Crippen molar-refractivity contribution >= 4 is 46.3 Å². The molecule has 3 amide bonds. The fourth-order valence-electron chi connectivity index (χ4n) is 4.10. The zero-order valence-electron chi connectivity index (χ0n) is 24.6. The lowest BCUT2D eigenvalue weighted by molar-refractivity contribution is -0.135. The molecule has 0 unspecified atom stereocenters. The first kappa shape index (κ1) is 34.4. The van der Waals surface area contributed by atoms with Crippen molar-refractivity contribution in [3.05, 3.63) is 70.9 Å². The van der Waals surface area contributed by atoms with Crippen LogP contribution in [0.15, 0.2) is 48.7 Å². The van der Waals surface area contributed by atoms with Crippen LogP contribution in [0, 0.1) is 11.6 Å². The zero-order valence-corrected chi connectivity index (χ0v) is 25.3. The normalized spacial score (nSPS) is 12.4. The van der Waals surface area contributed by atoms with E-state index in [0.29, 0.717) is 16.3 Å². The highest BCUT2D eigenvalue weighted by molar-refractivity contribution is 6.31. The average Bonchev–Trinajstić information content (AvgIpc) is 2.93. The van der Waals surface area contributed by atoms with Crippen LogP contribution < -0.4 is 10.6 Å². The van der Waals surface area contributed by atoms with Crippen molar-refractivity contribution < 1.29 is 41.4 Å². The number of aromatic nitrogens is 1. The van der Waals surface area contributed by atoms with Crippen LogP contribution in [0.2, 0.25) is 5.02 Å². The topological polar surface area (TPSA) is 110 Å². The standard InChI is InChI=1S/C30H33ClF4N4O5/c1-29(2,3)44-27(41)37-17-30(34,35)14-22(39(4)25(40)11-9-18-6-5-7-23(33)26(18)31)16-43-28(42)38-24-13-20-12-21(32)10-8-19(20)15-36-24/h5-8,10,12-13,15,22H,9,11,14,16-17H2,1-4H3,(H,37,41)(H,36,38,42)/t22-/m0/s1. The molecule has 0 radical (unpaired) electrons. The molecule has 44 heavy (non-hydrogen) atoms. The molecule has 238 valence electrons. The largest absolute Gasteiger partial charge is 0.447 e. The van der Waals surface area contributed by atoms with Gasteiger partial charge in [0, 0.05) is 31.5 Å². The maximum atomic E-state index is 15.0. The van der Waals surface area contributed by atoms with Crippen LogP contribution in [-0.2, 0) is 20.7 Å². The summed E-state index contributed by atoms with van der Waals surface area (Å²) in [6.07, 6.45) is -1.88. The van der Waals surface area contributed by atoms with Crippen molar-refractivity contribution in [1.82, 2.24) is 15.2 Å². The number of hydrogen-bond donors (Lipinski definition) is 2. The Hall–Kier alpha value is -4.13. The number of anilines is 1. The predicted octanol–water partition coefficient (Wildman–Crippen LogP) is 6.72. The first-order valence-corrected chi connectivity index (χ1v) is 13.9. The number of halogens is 5. The number of pyridine rings is 1. The molecule has 1 aromatic heterocycles. The van der Waals surface area contributed by atoms with Crippen molar-refractivity contribution in [3.8, 4) is 0 Å². The lowest BCUT2D eigenvalue weighted by Gasteiger charge is -2.31.